The summed E-state index contributed by atoms with van der Waals surface area (Å²) in [4.78, 5) is 0. The molecule has 60 valence electrons. The Morgan fingerprint density at radius 1 is 0.800 bits per heavy atom. The van der Waals surface area contributed by atoms with Crippen molar-refractivity contribution in [3.8, 4) is 0 Å². The van der Waals surface area contributed by atoms with Crippen LogP contribution in [-0.2, 0) is 0 Å². The van der Waals surface area contributed by atoms with E-state index in [9.17, 15) is 0 Å². The average Bonchev–Trinajstić information content (AvgIpc) is 2.72. The van der Waals surface area contributed by atoms with Crippen molar-refractivity contribution < 1.29 is 0 Å². The summed E-state index contributed by atoms with van der Waals surface area (Å²) >= 11 is 0. The van der Waals surface area contributed by atoms with Crippen LogP contribution in [0.1, 0.15) is 25.7 Å². The first kappa shape index (κ1) is 8.02. The summed E-state index contributed by atoms with van der Waals surface area (Å²) in [6.07, 6.45) is 6.24. The van der Waals surface area contributed by atoms with Gasteiger partial charge in [0.15, 0.2) is 0 Å². The molecule has 0 aromatic carbocycles. The normalized spacial score (nSPS) is 23.4. The van der Waals surface area contributed by atoms with E-state index in [-0.39, 0.29) is 0 Å². The molecule has 0 aliphatic heterocycles. The van der Waals surface area contributed by atoms with Gasteiger partial charge in [0.1, 0.15) is 0 Å². The second-order valence-electron chi connectivity index (χ2n) is 3.25. The summed E-state index contributed by atoms with van der Waals surface area (Å²) in [5.41, 5.74) is 9.81. The van der Waals surface area contributed by atoms with Gasteiger partial charge in [0, 0.05) is 13.1 Å². The highest BCUT2D eigenvalue weighted by Crippen LogP contribution is 2.49. The second-order valence-corrected chi connectivity index (χ2v) is 3.25. The standard InChI is InChI=1S/C6H10.C2H8N2/c1-2-5(1)6-3-4-6;3-1-2-4/h5-6H,1-4H2;1-4H2. The molecule has 0 spiro atoms. The molecule has 2 fully saturated rings. The Kier molecular flexibility index (Phi) is 3.16. The van der Waals surface area contributed by atoms with Crippen molar-refractivity contribution in [2.24, 2.45) is 23.3 Å². The predicted molar refractivity (Wildman–Crippen MR) is 43.6 cm³/mol. The van der Waals surface area contributed by atoms with Crippen molar-refractivity contribution in [2.75, 3.05) is 13.1 Å². The van der Waals surface area contributed by atoms with Gasteiger partial charge in [0.2, 0.25) is 0 Å². The molecule has 4 N–H and O–H groups in total. The van der Waals surface area contributed by atoms with Gasteiger partial charge in [0.05, 0.1) is 0 Å². The summed E-state index contributed by atoms with van der Waals surface area (Å²) in [6.45, 7) is 1.19. The van der Waals surface area contributed by atoms with E-state index >= 15 is 0 Å². The largest absolute Gasteiger partial charge is 0.329 e. The minimum Gasteiger partial charge on any atom is -0.329 e. The van der Waals surface area contributed by atoms with E-state index in [2.05, 4.69) is 0 Å². The molecular weight excluding hydrogens is 124 g/mol. The highest BCUT2D eigenvalue weighted by atomic mass is 14.6. The molecule has 0 atom stereocenters. The Balaban J connectivity index is 0.000000112. The third-order valence-corrected chi connectivity index (χ3v) is 2.08. The molecule has 2 saturated carbocycles. The van der Waals surface area contributed by atoms with Crippen molar-refractivity contribution >= 4 is 0 Å². The fourth-order valence-electron chi connectivity index (χ4n) is 1.14. The van der Waals surface area contributed by atoms with Crippen molar-refractivity contribution in [2.45, 2.75) is 25.7 Å². The highest BCUT2D eigenvalue weighted by molar-refractivity contribution is 4.89. The zero-order valence-corrected chi connectivity index (χ0v) is 6.55. The molecule has 0 aromatic rings. The lowest BCUT2D eigenvalue weighted by molar-refractivity contribution is 0.716. The molecule has 2 nitrogen and oxygen atoms in total. The summed E-state index contributed by atoms with van der Waals surface area (Å²) in [7, 11) is 0. The lowest BCUT2D eigenvalue weighted by Gasteiger charge is -1.77. The minimum atomic E-state index is 0.597. The van der Waals surface area contributed by atoms with Gasteiger partial charge in [-0.1, -0.05) is 0 Å². The molecule has 0 radical (unpaired) electrons. The molecule has 2 aliphatic carbocycles. The minimum absolute atomic E-state index is 0.597. The van der Waals surface area contributed by atoms with E-state index < -0.39 is 0 Å². The van der Waals surface area contributed by atoms with Crippen LogP contribution in [0.15, 0.2) is 0 Å². The Labute approximate surface area is 63.0 Å². The van der Waals surface area contributed by atoms with Gasteiger partial charge in [-0.05, 0) is 37.5 Å². The number of rotatable bonds is 2. The fraction of sp³-hybridized carbons (Fsp3) is 1.00. The molecule has 2 heteroatoms. The van der Waals surface area contributed by atoms with E-state index in [1.165, 1.54) is 11.8 Å². The van der Waals surface area contributed by atoms with Gasteiger partial charge in [0.25, 0.3) is 0 Å². The average molecular weight is 142 g/mol. The van der Waals surface area contributed by atoms with Gasteiger partial charge >= 0.3 is 0 Å². The van der Waals surface area contributed by atoms with Gasteiger partial charge < -0.3 is 11.5 Å². The molecule has 2 rings (SSSR count). The molecule has 0 bridgehead atoms. The Morgan fingerprint density at radius 2 is 1.10 bits per heavy atom. The molecule has 0 aromatic heterocycles. The molecule has 0 amide bonds. The highest BCUT2D eigenvalue weighted by Gasteiger charge is 2.37. The van der Waals surface area contributed by atoms with Crippen LogP contribution < -0.4 is 11.5 Å². The van der Waals surface area contributed by atoms with Crippen LogP contribution in [0.2, 0.25) is 0 Å². The van der Waals surface area contributed by atoms with Crippen molar-refractivity contribution in [1.29, 1.82) is 0 Å². The molecule has 0 heterocycles. The fourth-order valence-corrected chi connectivity index (χ4v) is 1.14. The summed E-state index contributed by atoms with van der Waals surface area (Å²) in [5, 5.41) is 0. The maximum Gasteiger partial charge on any atom is 0.00461 e. The topological polar surface area (TPSA) is 52.0 Å². The van der Waals surface area contributed by atoms with E-state index in [0.717, 1.165) is 0 Å². The third kappa shape index (κ3) is 3.18. The SMILES string of the molecule is C1CC1C1CC1.NCCN. The first-order chi connectivity index (χ1) is 4.88. The zero-order chi connectivity index (χ0) is 7.40. The van der Waals surface area contributed by atoms with Crippen molar-refractivity contribution in [3.05, 3.63) is 0 Å². The number of nitrogens with two attached hydrogens (primary N) is 2. The summed E-state index contributed by atoms with van der Waals surface area (Å²) in [5.74, 6) is 2.43. The molecule has 2 aliphatic rings. The summed E-state index contributed by atoms with van der Waals surface area (Å²) in [6, 6.07) is 0. The van der Waals surface area contributed by atoms with Crippen LogP contribution in [0, 0.1) is 11.8 Å². The molecular formula is C8H18N2. The van der Waals surface area contributed by atoms with Crippen molar-refractivity contribution in [3.63, 3.8) is 0 Å². The van der Waals surface area contributed by atoms with Crippen LogP contribution in [0.4, 0.5) is 0 Å². The van der Waals surface area contributed by atoms with Gasteiger partial charge in [-0.3, -0.25) is 0 Å². The zero-order valence-electron chi connectivity index (χ0n) is 6.55. The predicted octanol–water partition coefficient (Wildman–Crippen LogP) is 0.710. The quantitative estimate of drug-likeness (QED) is 0.596. The molecule has 10 heavy (non-hydrogen) atoms. The van der Waals surface area contributed by atoms with Crippen LogP contribution in [-0.4, -0.2) is 13.1 Å². The molecule has 0 unspecified atom stereocenters. The lowest BCUT2D eigenvalue weighted by Crippen LogP contribution is -2.11. The maximum atomic E-state index is 4.90. The van der Waals surface area contributed by atoms with Gasteiger partial charge in [-0.2, -0.15) is 0 Å². The second kappa shape index (κ2) is 3.94. The van der Waals surface area contributed by atoms with E-state index in [1.807, 2.05) is 0 Å². The lowest BCUT2D eigenvalue weighted by atomic mass is 10.3. The monoisotopic (exact) mass is 142 g/mol. The molecule has 0 saturated heterocycles. The number of hydrogen-bond acceptors (Lipinski definition) is 2. The van der Waals surface area contributed by atoms with Gasteiger partial charge in [-0.15, -0.1) is 0 Å². The third-order valence-electron chi connectivity index (χ3n) is 2.08. The Hall–Kier alpha value is -0.0800. The van der Waals surface area contributed by atoms with Crippen LogP contribution in [0.25, 0.3) is 0 Å². The van der Waals surface area contributed by atoms with Crippen LogP contribution in [0.3, 0.4) is 0 Å². The first-order valence-corrected chi connectivity index (χ1v) is 4.28. The number of hydrogen-bond donors (Lipinski definition) is 2. The van der Waals surface area contributed by atoms with Gasteiger partial charge in [-0.25, -0.2) is 0 Å². The van der Waals surface area contributed by atoms with Crippen LogP contribution >= 0.6 is 0 Å². The van der Waals surface area contributed by atoms with E-state index in [0.29, 0.717) is 13.1 Å². The van der Waals surface area contributed by atoms with Crippen LogP contribution in [0.5, 0.6) is 0 Å². The summed E-state index contributed by atoms with van der Waals surface area (Å²) < 4.78 is 0. The van der Waals surface area contributed by atoms with E-state index in [4.69, 9.17) is 11.5 Å². The first-order valence-electron chi connectivity index (χ1n) is 4.28. The smallest absolute Gasteiger partial charge is 0.00461 e. The Bertz CT molecular complexity index is 73.3. The maximum absolute atomic E-state index is 4.90. The van der Waals surface area contributed by atoms with Crippen molar-refractivity contribution in [1.82, 2.24) is 0 Å². The Morgan fingerprint density at radius 3 is 1.20 bits per heavy atom. The van der Waals surface area contributed by atoms with E-state index in [1.54, 1.807) is 25.7 Å².